The molecular formula is C14H23N3O2S. The van der Waals surface area contributed by atoms with E-state index in [1.807, 2.05) is 19.2 Å². The minimum Gasteiger partial charge on any atom is -0.313 e. The van der Waals surface area contributed by atoms with Crippen molar-refractivity contribution < 1.29 is 8.42 Å². The van der Waals surface area contributed by atoms with Gasteiger partial charge in [-0.05, 0) is 44.0 Å². The van der Waals surface area contributed by atoms with Crippen LogP contribution in [0.25, 0.3) is 0 Å². The molecule has 0 saturated carbocycles. The van der Waals surface area contributed by atoms with Crippen LogP contribution < -0.4 is 14.3 Å². The highest BCUT2D eigenvalue weighted by molar-refractivity contribution is 7.90. The van der Waals surface area contributed by atoms with Gasteiger partial charge in [0.05, 0.1) is 5.69 Å². The Balaban J connectivity index is 2.38. The average Bonchev–Trinajstić information content (AvgIpc) is 2.45. The molecule has 6 heteroatoms. The van der Waals surface area contributed by atoms with E-state index in [1.165, 1.54) is 9.87 Å². The minimum absolute atomic E-state index is 0.265. The van der Waals surface area contributed by atoms with Gasteiger partial charge in [0.2, 0.25) is 0 Å². The van der Waals surface area contributed by atoms with Gasteiger partial charge in [0.1, 0.15) is 0 Å². The second-order valence-corrected chi connectivity index (χ2v) is 6.76. The maximum atomic E-state index is 12.2. The van der Waals surface area contributed by atoms with Crippen molar-refractivity contribution in [3.63, 3.8) is 0 Å². The van der Waals surface area contributed by atoms with E-state index in [2.05, 4.69) is 23.0 Å². The molecule has 0 amide bonds. The third-order valence-electron chi connectivity index (χ3n) is 3.73. The monoisotopic (exact) mass is 297 g/mol. The van der Waals surface area contributed by atoms with Crippen LogP contribution in [0.15, 0.2) is 18.2 Å². The summed E-state index contributed by atoms with van der Waals surface area (Å²) in [6.07, 6.45) is 1.78. The summed E-state index contributed by atoms with van der Waals surface area (Å²) >= 11 is 0. The standard InChI is InChI=1S/C14H23N3O2S/c1-4-16-20(18,19)17-9-5-6-13-10-12(11(2)15-3)7-8-14(13)17/h7-8,10-11,15-16H,4-6,9H2,1-3H3. The quantitative estimate of drug-likeness (QED) is 0.867. The van der Waals surface area contributed by atoms with Crippen LogP contribution >= 0.6 is 0 Å². The lowest BCUT2D eigenvalue weighted by Gasteiger charge is -2.31. The highest BCUT2D eigenvalue weighted by Crippen LogP contribution is 2.31. The molecule has 1 aliphatic heterocycles. The first-order valence-corrected chi connectivity index (χ1v) is 8.51. The smallest absolute Gasteiger partial charge is 0.301 e. The van der Waals surface area contributed by atoms with Gasteiger partial charge in [0.15, 0.2) is 0 Å². The lowest BCUT2D eigenvalue weighted by atomic mass is 9.98. The van der Waals surface area contributed by atoms with Crippen LogP contribution in [-0.4, -0.2) is 28.6 Å². The molecule has 1 atom stereocenters. The van der Waals surface area contributed by atoms with Gasteiger partial charge in [-0.15, -0.1) is 0 Å². The molecule has 1 unspecified atom stereocenters. The van der Waals surface area contributed by atoms with E-state index in [4.69, 9.17) is 0 Å². The molecule has 112 valence electrons. The summed E-state index contributed by atoms with van der Waals surface area (Å²) in [5.74, 6) is 0. The van der Waals surface area contributed by atoms with Gasteiger partial charge in [0, 0.05) is 19.1 Å². The first kappa shape index (κ1) is 15.3. The second kappa shape index (κ2) is 6.11. The summed E-state index contributed by atoms with van der Waals surface area (Å²) in [7, 11) is -1.50. The third kappa shape index (κ3) is 2.97. The molecule has 0 saturated heterocycles. The van der Waals surface area contributed by atoms with E-state index >= 15 is 0 Å². The number of rotatable bonds is 5. The topological polar surface area (TPSA) is 61.4 Å². The summed E-state index contributed by atoms with van der Waals surface area (Å²) < 4.78 is 28.5. The Hall–Kier alpha value is -1.11. The number of anilines is 1. The molecule has 0 bridgehead atoms. The highest BCUT2D eigenvalue weighted by Gasteiger charge is 2.27. The summed E-state index contributed by atoms with van der Waals surface area (Å²) in [6, 6.07) is 6.30. The SMILES string of the molecule is CCNS(=O)(=O)N1CCCc2cc(C(C)NC)ccc21. The molecule has 2 N–H and O–H groups in total. The van der Waals surface area contributed by atoms with Crippen molar-refractivity contribution in [2.75, 3.05) is 24.4 Å². The predicted octanol–water partition coefficient (Wildman–Crippen LogP) is 1.57. The minimum atomic E-state index is -3.42. The van der Waals surface area contributed by atoms with Crippen molar-refractivity contribution in [2.24, 2.45) is 0 Å². The van der Waals surface area contributed by atoms with Gasteiger partial charge in [0.25, 0.3) is 0 Å². The van der Waals surface area contributed by atoms with Crippen LogP contribution in [0.2, 0.25) is 0 Å². The molecule has 0 aliphatic carbocycles. The Morgan fingerprint density at radius 2 is 2.15 bits per heavy atom. The molecule has 1 aromatic carbocycles. The van der Waals surface area contributed by atoms with Crippen molar-refractivity contribution >= 4 is 15.9 Å². The zero-order chi connectivity index (χ0) is 14.8. The first-order valence-electron chi connectivity index (χ1n) is 7.07. The van der Waals surface area contributed by atoms with Crippen LogP contribution in [0.5, 0.6) is 0 Å². The molecule has 1 aromatic rings. The number of fused-ring (bicyclic) bond motifs is 1. The van der Waals surface area contributed by atoms with E-state index in [1.54, 1.807) is 6.92 Å². The molecule has 20 heavy (non-hydrogen) atoms. The van der Waals surface area contributed by atoms with E-state index in [-0.39, 0.29) is 6.04 Å². The van der Waals surface area contributed by atoms with Crippen molar-refractivity contribution in [1.82, 2.24) is 10.0 Å². The van der Waals surface area contributed by atoms with Crippen molar-refractivity contribution in [3.8, 4) is 0 Å². The lowest BCUT2D eigenvalue weighted by Crippen LogP contribution is -2.43. The van der Waals surface area contributed by atoms with Crippen LogP contribution in [0.1, 0.15) is 37.4 Å². The molecule has 0 radical (unpaired) electrons. The van der Waals surface area contributed by atoms with E-state index in [9.17, 15) is 8.42 Å². The summed E-state index contributed by atoms with van der Waals surface area (Å²) in [5, 5.41) is 3.21. The van der Waals surface area contributed by atoms with E-state index in [0.717, 1.165) is 24.1 Å². The van der Waals surface area contributed by atoms with Crippen LogP contribution in [-0.2, 0) is 16.6 Å². The normalized spacial score (nSPS) is 16.9. The number of aryl methyl sites for hydroxylation is 1. The van der Waals surface area contributed by atoms with Gasteiger partial charge in [-0.25, -0.2) is 0 Å². The highest BCUT2D eigenvalue weighted by atomic mass is 32.2. The Bertz CT molecular complexity index is 572. The van der Waals surface area contributed by atoms with Gasteiger partial charge >= 0.3 is 10.2 Å². The fourth-order valence-electron chi connectivity index (χ4n) is 2.53. The summed E-state index contributed by atoms with van der Waals surface area (Å²) in [5.41, 5.74) is 3.11. The molecule has 0 fully saturated rings. The van der Waals surface area contributed by atoms with Gasteiger partial charge in [-0.2, -0.15) is 13.1 Å². The van der Waals surface area contributed by atoms with Crippen molar-refractivity contribution in [3.05, 3.63) is 29.3 Å². The van der Waals surface area contributed by atoms with Crippen LogP contribution in [0.4, 0.5) is 5.69 Å². The predicted molar refractivity (Wildman–Crippen MR) is 82.2 cm³/mol. The molecule has 1 heterocycles. The zero-order valence-corrected chi connectivity index (χ0v) is 13.1. The van der Waals surface area contributed by atoms with Crippen LogP contribution in [0.3, 0.4) is 0 Å². The number of benzene rings is 1. The zero-order valence-electron chi connectivity index (χ0n) is 12.3. The fourth-order valence-corrected chi connectivity index (χ4v) is 3.86. The lowest BCUT2D eigenvalue weighted by molar-refractivity contribution is 0.574. The van der Waals surface area contributed by atoms with Gasteiger partial charge in [-0.1, -0.05) is 19.1 Å². The van der Waals surface area contributed by atoms with Crippen molar-refractivity contribution in [1.29, 1.82) is 0 Å². The molecule has 1 aliphatic rings. The van der Waals surface area contributed by atoms with Crippen molar-refractivity contribution in [2.45, 2.75) is 32.7 Å². The fraction of sp³-hybridized carbons (Fsp3) is 0.571. The molecule has 0 aromatic heterocycles. The largest absolute Gasteiger partial charge is 0.313 e. The maximum absolute atomic E-state index is 12.2. The summed E-state index contributed by atoms with van der Waals surface area (Å²) in [4.78, 5) is 0. The van der Waals surface area contributed by atoms with Crippen LogP contribution in [0, 0.1) is 0 Å². The average molecular weight is 297 g/mol. The molecule has 5 nitrogen and oxygen atoms in total. The number of hydrogen-bond acceptors (Lipinski definition) is 3. The number of nitrogens with zero attached hydrogens (tertiary/aromatic N) is 1. The Kier molecular flexibility index (Phi) is 4.67. The molecule has 2 rings (SSSR count). The first-order chi connectivity index (χ1) is 9.49. The number of nitrogens with one attached hydrogen (secondary N) is 2. The Morgan fingerprint density at radius 1 is 1.40 bits per heavy atom. The molecular weight excluding hydrogens is 274 g/mol. The van der Waals surface area contributed by atoms with E-state index < -0.39 is 10.2 Å². The molecule has 0 spiro atoms. The van der Waals surface area contributed by atoms with Gasteiger partial charge in [-0.3, -0.25) is 4.31 Å². The van der Waals surface area contributed by atoms with Gasteiger partial charge < -0.3 is 5.32 Å². The van der Waals surface area contributed by atoms with E-state index in [0.29, 0.717) is 13.1 Å². The summed E-state index contributed by atoms with van der Waals surface area (Å²) in [6.45, 7) is 4.84. The number of hydrogen-bond donors (Lipinski definition) is 2. The second-order valence-electron chi connectivity index (χ2n) is 5.08. The third-order valence-corrected chi connectivity index (χ3v) is 5.34. The maximum Gasteiger partial charge on any atom is 0.301 e. The Morgan fingerprint density at radius 3 is 2.80 bits per heavy atom. The Labute approximate surface area is 121 Å².